The molecule has 2 aromatic heterocycles. The quantitative estimate of drug-likeness (QED) is 0.196. The van der Waals surface area contributed by atoms with E-state index in [4.69, 9.17) is 15.0 Å². The number of benzene rings is 8. The standard InChI is InChI=1S/C45H28N4/c1-2-12-30(13-3-1)43-46-44(39-19-10-17-36-26-35(23-24-37(36)39)34-22-21-29-11-4-5-14-31(29)25-34)48-45(47-43)49-41-20-9-8-18-38(41)40-27-32-15-6-7-16-33(32)28-42(40)49/h1-28H. The maximum absolute atomic E-state index is 5.26. The van der Waals surface area contributed by atoms with Crippen molar-refractivity contribution >= 4 is 54.1 Å². The number of hydrogen-bond acceptors (Lipinski definition) is 3. The highest BCUT2D eigenvalue weighted by atomic mass is 15.2. The van der Waals surface area contributed by atoms with Crippen LogP contribution in [0.4, 0.5) is 0 Å². The lowest BCUT2D eigenvalue weighted by Gasteiger charge is -2.13. The van der Waals surface area contributed by atoms with Gasteiger partial charge in [-0.15, -0.1) is 0 Å². The van der Waals surface area contributed by atoms with Crippen LogP contribution in [0.3, 0.4) is 0 Å². The molecule has 0 aliphatic rings. The van der Waals surface area contributed by atoms with Crippen LogP contribution in [-0.2, 0) is 0 Å². The second-order valence-electron chi connectivity index (χ2n) is 12.5. The molecular weight excluding hydrogens is 597 g/mol. The van der Waals surface area contributed by atoms with Crippen molar-refractivity contribution < 1.29 is 0 Å². The molecule has 49 heavy (non-hydrogen) atoms. The Kier molecular flexibility index (Phi) is 6.15. The second kappa shape index (κ2) is 11.0. The largest absolute Gasteiger partial charge is 0.278 e. The second-order valence-corrected chi connectivity index (χ2v) is 12.5. The van der Waals surface area contributed by atoms with Gasteiger partial charge in [0, 0.05) is 21.9 Å². The summed E-state index contributed by atoms with van der Waals surface area (Å²) in [6, 6.07) is 59.9. The first kappa shape index (κ1) is 27.5. The predicted octanol–water partition coefficient (Wildman–Crippen LogP) is 11.4. The van der Waals surface area contributed by atoms with Crippen LogP contribution >= 0.6 is 0 Å². The normalized spacial score (nSPS) is 11.7. The molecule has 0 fully saturated rings. The third-order valence-corrected chi connectivity index (χ3v) is 9.60. The van der Waals surface area contributed by atoms with Gasteiger partial charge in [-0.3, -0.25) is 4.57 Å². The molecule has 4 nitrogen and oxygen atoms in total. The summed E-state index contributed by atoms with van der Waals surface area (Å²) in [7, 11) is 0. The Morgan fingerprint density at radius 3 is 1.80 bits per heavy atom. The lowest BCUT2D eigenvalue weighted by molar-refractivity contribution is 0.954. The number of para-hydroxylation sites is 1. The van der Waals surface area contributed by atoms with Gasteiger partial charge in [0.15, 0.2) is 11.6 Å². The molecule has 10 aromatic rings. The zero-order chi connectivity index (χ0) is 32.3. The van der Waals surface area contributed by atoms with Gasteiger partial charge in [-0.05, 0) is 73.8 Å². The number of aromatic nitrogens is 4. The van der Waals surface area contributed by atoms with Gasteiger partial charge in [0.05, 0.1) is 11.0 Å². The van der Waals surface area contributed by atoms with E-state index >= 15 is 0 Å². The number of hydrogen-bond donors (Lipinski definition) is 0. The van der Waals surface area contributed by atoms with E-state index in [0.717, 1.165) is 38.3 Å². The van der Waals surface area contributed by atoms with Gasteiger partial charge in [-0.25, -0.2) is 4.98 Å². The molecule has 0 radical (unpaired) electrons. The Balaban J connectivity index is 1.20. The molecular formula is C45H28N4. The summed E-state index contributed by atoms with van der Waals surface area (Å²) in [5, 5.41) is 9.42. The molecule has 0 aliphatic heterocycles. The highest BCUT2D eigenvalue weighted by Gasteiger charge is 2.19. The molecule has 10 rings (SSSR count). The summed E-state index contributed by atoms with van der Waals surface area (Å²) >= 11 is 0. The van der Waals surface area contributed by atoms with Crippen LogP contribution < -0.4 is 0 Å². The summed E-state index contributed by atoms with van der Waals surface area (Å²) < 4.78 is 2.19. The molecule has 2 heterocycles. The Morgan fingerprint density at radius 1 is 0.327 bits per heavy atom. The van der Waals surface area contributed by atoms with E-state index in [0.29, 0.717) is 17.6 Å². The van der Waals surface area contributed by atoms with Crippen molar-refractivity contribution in [3.8, 4) is 39.9 Å². The molecule has 0 unspecified atom stereocenters. The summed E-state index contributed by atoms with van der Waals surface area (Å²) in [6.45, 7) is 0. The van der Waals surface area contributed by atoms with E-state index in [1.54, 1.807) is 0 Å². The average Bonchev–Trinajstić information content (AvgIpc) is 3.49. The fourth-order valence-corrected chi connectivity index (χ4v) is 7.20. The molecule has 0 bridgehead atoms. The molecule has 0 atom stereocenters. The van der Waals surface area contributed by atoms with Crippen LogP contribution in [0.25, 0.3) is 94.0 Å². The van der Waals surface area contributed by atoms with E-state index in [-0.39, 0.29) is 0 Å². The van der Waals surface area contributed by atoms with Crippen molar-refractivity contribution in [2.75, 3.05) is 0 Å². The van der Waals surface area contributed by atoms with Crippen LogP contribution in [-0.4, -0.2) is 19.5 Å². The van der Waals surface area contributed by atoms with Crippen molar-refractivity contribution in [1.82, 2.24) is 19.5 Å². The zero-order valence-electron chi connectivity index (χ0n) is 26.5. The predicted molar refractivity (Wildman–Crippen MR) is 203 cm³/mol. The lowest BCUT2D eigenvalue weighted by Crippen LogP contribution is -2.06. The Bertz CT molecular complexity index is 2890. The average molecular weight is 625 g/mol. The molecule has 8 aromatic carbocycles. The molecule has 0 saturated carbocycles. The molecule has 0 aliphatic carbocycles. The molecule has 0 spiro atoms. The van der Waals surface area contributed by atoms with E-state index in [1.807, 2.05) is 18.2 Å². The minimum Gasteiger partial charge on any atom is -0.278 e. The molecule has 228 valence electrons. The number of nitrogens with zero attached hydrogens (tertiary/aromatic N) is 4. The monoisotopic (exact) mass is 624 g/mol. The fourth-order valence-electron chi connectivity index (χ4n) is 7.20. The summed E-state index contributed by atoms with van der Waals surface area (Å²) in [5.41, 5.74) is 6.40. The Labute approximate surface area is 282 Å². The SMILES string of the molecule is c1ccc(-c2nc(-c3cccc4cc(-c5ccc6ccccc6c5)ccc34)nc(-n3c4ccccc4c4cc5ccccc5cc43)n2)cc1. The van der Waals surface area contributed by atoms with Crippen LogP contribution in [0.15, 0.2) is 170 Å². The van der Waals surface area contributed by atoms with Gasteiger partial charge in [-0.2, -0.15) is 9.97 Å². The molecule has 0 saturated heterocycles. The van der Waals surface area contributed by atoms with E-state index in [9.17, 15) is 0 Å². The van der Waals surface area contributed by atoms with Crippen LogP contribution in [0, 0.1) is 0 Å². The fraction of sp³-hybridized carbons (Fsp3) is 0. The first-order valence-corrected chi connectivity index (χ1v) is 16.5. The summed E-state index contributed by atoms with van der Waals surface area (Å²) in [6.07, 6.45) is 0. The number of fused-ring (bicyclic) bond motifs is 6. The van der Waals surface area contributed by atoms with Gasteiger partial charge in [0.25, 0.3) is 0 Å². The zero-order valence-corrected chi connectivity index (χ0v) is 26.5. The van der Waals surface area contributed by atoms with Gasteiger partial charge in [0.2, 0.25) is 5.95 Å². The Morgan fingerprint density at radius 2 is 0.959 bits per heavy atom. The van der Waals surface area contributed by atoms with Crippen molar-refractivity contribution in [1.29, 1.82) is 0 Å². The van der Waals surface area contributed by atoms with Crippen molar-refractivity contribution in [3.05, 3.63) is 170 Å². The minimum absolute atomic E-state index is 0.593. The summed E-state index contributed by atoms with van der Waals surface area (Å²) in [5.74, 6) is 1.87. The van der Waals surface area contributed by atoms with E-state index in [2.05, 4.69) is 156 Å². The van der Waals surface area contributed by atoms with Crippen LogP contribution in [0.5, 0.6) is 0 Å². The van der Waals surface area contributed by atoms with E-state index in [1.165, 1.54) is 38.1 Å². The van der Waals surface area contributed by atoms with Crippen molar-refractivity contribution in [3.63, 3.8) is 0 Å². The third-order valence-electron chi connectivity index (χ3n) is 9.60. The van der Waals surface area contributed by atoms with Crippen molar-refractivity contribution in [2.45, 2.75) is 0 Å². The van der Waals surface area contributed by atoms with Gasteiger partial charge in [-0.1, -0.05) is 140 Å². The third kappa shape index (κ3) is 4.57. The smallest absolute Gasteiger partial charge is 0.238 e. The topological polar surface area (TPSA) is 43.6 Å². The highest BCUT2D eigenvalue weighted by molar-refractivity contribution is 6.13. The minimum atomic E-state index is 0.593. The first-order chi connectivity index (χ1) is 24.3. The molecule has 0 amide bonds. The van der Waals surface area contributed by atoms with Crippen LogP contribution in [0.1, 0.15) is 0 Å². The van der Waals surface area contributed by atoms with Gasteiger partial charge in [0.1, 0.15) is 0 Å². The summed E-state index contributed by atoms with van der Waals surface area (Å²) in [4.78, 5) is 15.5. The van der Waals surface area contributed by atoms with E-state index < -0.39 is 0 Å². The molecule has 4 heteroatoms. The highest BCUT2D eigenvalue weighted by Crippen LogP contribution is 2.36. The van der Waals surface area contributed by atoms with Crippen molar-refractivity contribution in [2.24, 2.45) is 0 Å². The number of rotatable bonds is 4. The Hall–Kier alpha value is -6.65. The van der Waals surface area contributed by atoms with Gasteiger partial charge < -0.3 is 0 Å². The molecule has 0 N–H and O–H groups in total. The first-order valence-electron chi connectivity index (χ1n) is 16.5. The maximum atomic E-state index is 5.26. The van der Waals surface area contributed by atoms with Gasteiger partial charge >= 0.3 is 0 Å². The van der Waals surface area contributed by atoms with Crippen LogP contribution in [0.2, 0.25) is 0 Å². The lowest BCUT2D eigenvalue weighted by atomic mass is 9.96. The maximum Gasteiger partial charge on any atom is 0.238 e.